The van der Waals surface area contributed by atoms with E-state index in [4.69, 9.17) is 4.74 Å². The summed E-state index contributed by atoms with van der Waals surface area (Å²) in [4.78, 5) is 0. The Bertz CT molecular complexity index is 661. The van der Waals surface area contributed by atoms with E-state index in [9.17, 15) is 26.3 Å². The fraction of sp³-hybridized carbons (Fsp3) is 0.250. The van der Waals surface area contributed by atoms with Crippen molar-refractivity contribution in [1.29, 1.82) is 0 Å². The molecule has 2 rings (SSSR count). The van der Waals surface area contributed by atoms with Gasteiger partial charge in [-0.2, -0.15) is 26.3 Å². The molecule has 1 atom stereocenters. The largest absolute Gasteiger partial charge is 0.497 e. The molecule has 0 aliphatic heterocycles. The molecule has 130 valence electrons. The van der Waals surface area contributed by atoms with Gasteiger partial charge in [0.1, 0.15) is 11.8 Å². The van der Waals surface area contributed by atoms with Crippen molar-refractivity contribution in [3.05, 3.63) is 59.7 Å². The predicted octanol–water partition coefficient (Wildman–Crippen LogP) is 5.43. The van der Waals surface area contributed by atoms with Crippen LogP contribution in [0.4, 0.5) is 32.0 Å². The van der Waals surface area contributed by atoms with E-state index in [-0.39, 0.29) is 11.3 Å². The number of ether oxygens (including phenoxy) is 1. The van der Waals surface area contributed by atoms with Gasteiger partial charge in [-0.1, -0.05) is 12.1 Å². The minimum atomic E-state index is -4.68. The van der Waals surface area contributed by atoms with Crippen molar-refractivity contribution in [2.75, 3.05) is 12.4 Å². The topological polar surface area (TPSA) is 21.3 Å². The van der Waals surface area contributed by atoms with Crippen LogP contribution in [0.25, 0.3) is 0 Å². The van der Waals surface area contributed by atoms with Crippen LogP contribution in [0, 0.1) is 0 Å². The second-order valence-electron chi connectivity index (χ2n) is 4.97. The van der Waals surface area contributed by atoms with E-state index in [1.807, 2.05) is 0 Å². The highest BCUT2D eigenvalue weighted by atomic mass is 19.4. The van der Waals surface area contributed by atoms with Crippen molar-refractivity contribution in [2.24, 2.45) is 0 Å². The van der Waals surface area contributed by atoms with Gasteiger partial charge < -0.3 is 10.1 Å². The third-order valence-electron chi connectivity index (χ3n) is 3.30. The van der Waals surface area contributed by atoms with Gasteiger partial charge in [-0.25, -0.2) is 0 Å². The summed E-state index contributed by atoms with van der Waals surface area (Å²) in [6, 6.07) is 6.49. The van der Waals surface area contributed by atoms with Crippen molar-refractivity contribution >= 4 is 5.69 Å². The van der Waals surface area contributed by atoms with Gasteiger partial charge in [0, 0.05) is 5.69 Å². The summed E-state index contributed by atoms with van der Waals surface area (Å²) >= 11 is 0. The van der Waals surface area contributed by atoms with Gasteiger partial charge in [0.15, 0.2) is 0 Å². The minimum Gasteiger partial charge on any atom is -0.497 e. The summed E-state index contributed by atoms with van der Waals surface area (Å²) in [5.41, 5.74) is -1.15. The van der Waals surface area contributed by atoms with Crippen LogP contribution in [0.5, 0.6) is 5.75 Å². The van der Waals surface area contributed by atoms with Gasteiger partial charge in [0.25, 0.3) is 0 Å². The Morgan fingerprint density at radius 3 is 1.79 bits per heavy atom. The van der Waals surface area contributed by atoms with Crippen LogP contribution in [0.15, 0.2) is 48.5 Å². The lowest BCUT2D eigenvalue weighted by Gasteiger charge is -2.23. The summed E-state index contributed by atoms with van der Waals surface area (Å²) < 4.78 is 82.3. The van der Waals surface area contributed by atoms with Gasteiger partial charge in [-0.15, -0.1) is 0 Å². The van der Waals surface area contributed by atoms with Crippen LogP contribution >= 0.6 is 0 Å². The molecule has 2 nitrogen and oxygen atoms in total. The first kappa shape index (κ1) is 18.0. The number of hydrogen-bond donors (Lipinski definition) is 1. The van der Waals surface area contributed by atoms with Crippen molar-refractivity contribution in [3.8, 4) is 5.75 Å². The van der Waals surface area contributed by atoms with E-state index in [2.05, 4.69) is 5.32 Å². The Hall–Kier alpha value is -2.38. The smallest absolute Gasteiger partial charge is 0.416 e. The Labute approximate surface area is 134 Å². The third kappa shape index (κ3) is 4.33. The molecule has 0 bridgehead atoms. The molecule has 24 heavy (non-hydrogen) atoms. The van der Waals surface area contributed by atoms with Gasteiger partial charge >= 0.3 is 12.4 Å². The Morgan fingerprint density at radius 2 is 1.38 bits per heavy atom. The number of halogens is 6. The van der Waals surface area contributed by atoms with E-state index >= 15 is 0 Å². The summed E-state index contributed by atoms with van der Waals surface area (Å²) in [5, 5.41) is 2.28. The lowest BCUT2D eigenvalue weighted by Crippen LogP contribution is -2.28. The van der Waals surface area contributed by atoms with Crippen LogP contribution < -0.4 is 10.1 Å². The zero-order valence-electron chi connectivity index (χ0n) is 12.4. The Kier molecular flexibility index (Phi) is 4.96. The summed E-state index contributed by atoms with van der Waals surface area (Å²) in [6.07, 6.45) is -9.28. The number of hydrogen-bond acceptors (Lipinski definition) is 2. The highest BCUT2D eigenvalue weighted by molar-refractivity contribution is 5.49. The van der Waals surface area contributed by atoms with Crippen molar-refractivity contribution in [2.45, 2.75) is 18.4 Å². The molecule has 1 N–H and O–H groups in total. The maximum Gasteiger partial charge on any atom is 0.416 e. The number of benzene rings is 2. The van der Waals surface area contributed by atoms with Gasteiger partial charge in [-0.3, -0.25) is 0 Å². The van der Waals surface area contributed by atoms with Crippen molar-refractivity contribution in [3.63, 3.8) is 0 Å². The molecule has 0 heterocycles. The van der Waals surface area contributed by atoms with Crippen LogP contribution in [0.3, 0.4) is 0 Å². The van der Waals surface area contributed by atoms with Gasteiger partial charge in [-0.05, 0) is 42.0 Å². The second kappa shape index (κ2) is 6.62. The normalized spacial score (nSPS) is 13.5. The summed E-state index contributed by atoms with van der Waals surface area (Å²) in [7, 11) is 1.42. The van der Waals surface area contributed by atoms with Crippen molar-refractivity contribution < 1.29 is 31.1 Å². The molecule has 0 aromatic heterocycles. The number of alkyl halides is 6. The molecular formula is C16H13F6NO. The lowest BCUT2D eigenvalue weighted by atomic mass is 10.0. The molecular weight excluding hydrogens is 336 g/mol. The average molecular weight is 349 g/mol. The number of nitrogens with one attached hydrogen (secondary N) is 1. The SMILES string of the molecule is COc1ccc(N[C@@H](c2ccc(C(F)(F)F)cc2)C(F)(F)F)cc1. The molecule has 0 aliphatic carbocycles. The van der Waals surface area contributed by atoms with Crippen LogP contribution in [0.1, 0.15) is 17.2 Å². The predicted molar refractivity (Wildman–Crippen MR) is 76.9 cm³/mol. The fourth-order valence-corrected chi connectivity index (χ4v) is 2.07. The highest BCUT2D eigenvalue weighted by Gasteiger charge is 2.41. The Balaban J connectivity index is 2.28. The zero-order chi connectivity index (χ0) is 18.0. The monoisotopic (exact) mass is 349 g/mol. The minimum absolute atomic E-state index is 0.165. The molecule has 0 aliphatic rings. The molecule has 0 saturated heterocycles. The van der Waals surface area contributed by atoms with Crippen LogP contribution in [-0.4, -0.2) is 13.3 Å². The summed E-state index contributed by atoms with van der Waals surface area (Å²) in [5.74, 6) is 0.471. The first-order valence-electron chi connectivity index (χ1n) is 6.76. The molecule has 0 amide bonds. The maximum absolute atomic E-state index is 13.3. The first-order valence-corrected chi connectivity index (χ1v) is 6.76. The molecule has 2 aromatic carbocycles. The van der Waals surface area contributed by atoms with E-state index < -0.39 is 24.0 Å². The zero-order valence-corrected chi connectivity index (χ0v) is 12.4. The van der Waals surface area contributed by atoms with E-state index in [0.29, 0.717) is 17.9 Å². The lowest BCUT2D eigenvalue weighted by molar-refractivity contribution is -0.144. The molecule has 0 radical (unpaired) electrons. The van der Waals surface area contributed by atoms with E-state index in [1.54, 1.807) is 0 Å². The Morgan fingerprint density at radius 1 is 0.833 bits per heavy atom. The highest BCUT2D eigenvalue weighted by Crippen LogP contribution is 2.37. The van der Waals surface area contributed by atoms with Crippen LogP contribution in [0.2, 0.25) is 0 Å². The number of methoxy groups -OCH3 is 1. The van der Waals surface area contributed by atoms with Crippen molar-refractivity contribution in [1.82, 2.24) is 0 Å². The summed E-state index contributed by atoms with van der Waals surface area (Å²) in [6.45, 7) is 0. The standard InChI is InChI=1S/C16H13F6NO/c1-24-13-8-6-12(7-9-13)23-14(16(20,21)22)10-2-4-11(5-3-10)15(17,18)19/h2-9,14,23H,1H3/t14-/m0/s1. The van der Waals surface area contributed by atoms with Gasteiger partial charge in [0.05, 0.1) is 12.7 Å². The molecule has 0 saturated carbocycles. The molecule has 0 fully saturated rings. The van der Waals surface area contributed by atoms with Crippen LogP contribution in [-0.2, 0) is 6.18 Å². The fourth-order valence-electron chi connectivity index (χ4n) is 2.07. The number of anilines is 1. The van der Waals surface area contributed by atoms with Gasteiger partial charge in [0.2, 0.25) is 0 Å². The quantitative estimate of drug-likeness (QED) is 0.743. The van der Waals surface area contributed by atoms with E-state index in [0.717, 1.165) is 12.1 Å². The first-order chi connectivity index (χ1) is 11.1. The molecule has 2 aromatic rings. The second-order valence-corrected chi connectivity index (χ2v) is 4.97. The molecule has 0 unspecified atom stereocenters. The van der Waals surface area contributed by atoms with E-state index in [1.165, 1.54) is 31.4 Å². The number of rotatable bonds is 4. The third-order valence-corrected chi connectivity index (χ3v) is 3.30. The molecule has 8 heteroatoms. The maximum atomic E-state index is 13.3. The average Bonchev–Trinajstić information content (AvgIpc) is 2.51. The molecule has 0 spiro atoms.